The van der Waals surface area contributed by atoms with E-state index in [-0.39, 0.29) is 41.7 Å². The topological polar surface area (TPSA) is 101 Å². The van der Waals surface area contributed by atoms with Crippen LogP contribution in [0.5, 0.6) is 0 Å². The Hall–Kier alpha value is -1.10. The molecule has 0 radical (unpaired) electrons. The van der Waals surface area contributed by atoms with Gasteiger partial charge in [0.1, 0.15) is 12.6 Å². The van der Waals surface area contributed by atoms with Crippen molar-refractivity contribution in [2.24, 2.45) is 11.8 Å². The molecule has 1 aliphatic carbocycles. The van der Waals surface area contributed by atoms with E-state index in [1.807, 2.05) is 0 Å². The van der Waals surface area contributed by atoms with Gasteiger partial charge in [-0.1, -0.05) is 72.0 Å². The molecule has 3 unspecified atom stereocenters. The second-order valence-corrected chi connectivity index (χ2v) is 17.3. The van der Waals surface area contributed by atoms with Crippen LogP contribution in [0.1, 0.15) is 91.9 Å². The standard InChI is InChI=1S/C31H58O8Si/c1-9-10-12-15-24(38-23-37-21-20-35-5)18-19-25-28(39-40(7,8)31(2,3)4)22-27(33)30(25)26(32)16-13-11-14-17-29(34)36-6/h18-19,24-26,28,30,32H,9-17,20-23H2,1-8H3/b19-18+/t24?,25-,26?,28?,30-/m0/s1. The number of esters is 1. The van der Waals surface area contributed by atoms with Gasteiger partial charge in [-0.15, -0.1) is 0 Å². The Kier molecular flexibility index (Phi) is 17.7. The molecule has 5 atom stereocenters. The summed E-state index contributed by atoms with van der Waals surface area (Å²) >= 11 is 0. The predicted octanol–water partition coefficient (Wildman–Crippen LogP) is 6.21. The van der Waals surface area contributed by atoms with Gasteiger partial charge in [0.25, 0.3) is 0 Å². The summed E-state index contributed by atoms with van der Waals surface area (Å²) < 4.78 is 28.1. The smallest absolute Gasteiger partial charge is 0.305 e. The first-order valence-electron chi connectivity index (χ1n) is 15.2. The lowest BCUT2D eigenvalue weighted by atomic mass is 9.86. The van der Waals surface area contributed by atoms with Crippen LogP contribution in [-0.4, -0.2) is 77.7 Å². The zero-order valence-corrected chi connectivity index (χ0v) is 27.5. The molecule has 1 fully saturated rings. The molecule has 1 rings (SSSR count). The summed E-state index contributed by atoms with van der Waals surface area (Å²) in [7, 11) is 0.881. The molecule has 0 aromatic heterocycles. The van der Waals surface area contributed by atoms with E-state index in [0.29, 0.717) is 38.9 Å². The van der Waals surface area contributed by atoms with Crippen molar-refractivity contribution in [3.8, 4) is 0 Å². The largest absolute Gasteiger partial charge is 0.469 e. The van der Waals surface area contributed by atoms with E-state index in [9.17, 15) is 14.7 Å². The van der Waals surface area contributed by atoms with Crippen molar-refractivity contribution in [1.82, 2.24) is 0 Å². The first kappa shape index (κ1) is 36.9. The Morgan fingerprint density at radius 3 is 2.40 bits per heavy atom. The molecule has 40 heavy (non-hydrogen) atoms. The lowest BCUT2D eigenvalue weighted by molar-refractivity contribution is -0.140. The van der Waals surface area contributed by atoms with Gasteiger partial charge in [-0.2, -0.15) is 0 Å². The van der Waals surface area contributed by atoms with Gasteiger partial charge in [0.05, 0.1) is 44.6 Å². The molecule has 1 aliphatic rings. The van der Waals surface area contributed by atoms with Crippen LogP contribution < -0.4 is 0 Å². The summed E-state index contributed by atoms with van der Waals surface area (Å²) in [4.78, 5) is 24.7. The Bertz CT molecular complexity index is 748. The van der Waals surface area contributed by atoms with Crippen molar-refractivity contribution in [2.45, 2.75) is 128 Å². The zero-order valence-electron chi connectivity index (χ0n) is 26.5. The van der Waals surface area contributed by atoms with Crippen molar-refractivity contribution in [1.29, 1.82) is 0 Å². The SMILES string of the molecule is CCCCCC(/C=C/[C@H]1C(O[Si](C)(C)C(C)(C)C)CC(=O)[C@@H]1C(O)CCCCCC(=O)OC)OCOCCOC. The summed E-state index contributed by atoms with van der Waals surface area (Å²) in [6.45, 7) is 14.3. The Morgan fingerprint density at radius 2 is 1.77 bits per heavy atom. The number of aliphatic hydroxyl groups is 1. The van der Waals surface area contributed by atoms with Gasteiger partial charge in [0, 0.05) is 25.9 Å². The van der Waals surface area contributed by atoms with Crippen LogP contribution in [0, 0.1) is 11.8 Å². The third-order valence-corrected chi connectivity index (χ3v) is 12.8. The number of aliphatic hydroxyl groups excluding tert-OH is 1. The molecule has 0 amide bonds. The summed E-state index contributed by atoms with van der Waals surface area (Å²) in [5, 5.41) is 11.2. The fourth-order valence-electron chi connectivity index (χ4n) is 4.81. The number of carbonyl (C=O) groups excluding carboxylic acids is 2. The molecule has 0 aliphatic heterocycles. The van der Waals surface area contributed by atoms with Crippen LogP contribution >= 0.6 is 0 Å². The third-order valence-electron chi connectivity index (χ3n) is 8.33. The minimum atomic E-state index is -2.15. The van der Waals surface area contributed by atoms with E-state index < -0.39 is 20.3 Å². The highest BCUT2D eigenvalue weighted by Crippen LogP contribution is 2.43. The first-order chi connectivity index (χ1) is 18.9. The number of hydrogen-bond acceptors (Lipinski definition) is 8. The molecule has 0 aromatic carbocycles. The van der Waals surface area contributed by atoms with Crippen LogP contribution in [0.25, 0.3) is 0 Å². The van der Waals surface area contributed by atoms with Crippen molar-refractivity contribution in [3.05, 3.63) is 12.2 Å². The maximum absolute atomic E-state index is 13.3. The van der Waals surface area contributed by atoms with Gasteiger partial charge in [-0.25, -0.2) is 0 Å². The number of rotatable bonds is 21. The van der Waals surface area contributed by atoms with E-state index in [2.05, 4.69) is 52.9 Å². The molecule has 0 spiro atoms. The average molecular weight is 587 g/mol. The maximum atomic E-state index is 13.3. The summed E-state index contributed by atoms with van der Waals surface area (Å²) in [5.41, 5.74) is 0. The molecule has 0 aromatic rings. The molecular formula is C31H58O8Si. The molecule has 0 bridgehead atoms. The molecular weight excluding hydrogens is 528 g/mol. The molecule has 9 heteroatoms. The van der Waals surface area contributed by atoms with Crippen LogP contribution in [-0.2, 0) is 33.0 Å². The second-order valence-electron chi connectivity index (χ2n) is 12.5. The molecule has 0 saturated heterocycles. The van der Waals surface area contributed by atoms with E-state index in [4.69, 9.17) is 23.4 Å². The average Bonchev–Trinajstić information content (AvgIpc) is 3.19. The van der Waals surface area contributed by atoms with Crippen LogP contribution in [0.4, 0.5) is 0 Å². The third kappa shape index (κ3) is 13.3. The summed E-state index contributed by atoms with van der Waals surface area (Å²) in [6.07, 6.45) is 10.5. The van der Waals surface area contributed by atoms with E-state index in [1.165, 1.54) is 7.11 Å². The number of ketones is 1. The monoisotopic (exact) mass is 586 g/mol. The van der Waals surface area contributed by atoms with Gasteiger partial charge in [-0.05, 0) is 37.4 Å². The minimum Gasteiger partial charge on any atom is -0.469 e. The molecule has 1 N–H and O–H groups in total. The van der Waals surface area contributed by atoms with E-state index in [0.717, 1.165) is 38.5 Å². The first-order valence-corrected chi connectivity index (χ1v) is 18.1. The van der Waals surface area contributed by atoms with E-state index >= 15 is 0 Å². The normalized spacial score (nSPS) is 21.7. The van der Waals surface area contributed by atoms with Crippen molar-refractivity contribution < 1.29 is 38.1 Å². The Balaban J connectivity index is 3.05. The van der Waals surface area contributed by atoms with Gasteiger partial charge in [0.15, 0.2) is 8.32 Å². The highest BCUT2D eigenvalue weighted by Gasteiger charge is 2.49. The van der Waals surface area contributed by atoms with Gasteiger partial charge in [0.2, 0.25) is 0 Å². The number of ether oxygens (including phenoxy) is 4. The number of carbonyl (C=O) groups is 2. The van der Waals surface area contributed by atoms with Crippen molar-refractivity contribution in [3.63, 3.8) is 0 Å². The fraction of sp³-hybridized carbons (Fsp3) is 0.871. The fourth-order valence-corrected chi connectivity index (χ4v) is 6.16. The molecule has 0 heterocycles. The van der Waals surface area contributed by atoms with Crippen LogP contribution in [0.15, 0.2) is 12.2 Å². The summed E-state index contributed by atoms with van der Waals surface area (Å²) in [5.74, 6) is -0.895. The molecule has 1 saturated carbocycles. The molecule has 8 nitrogen and oxygen atoms in total. The highest BCUT2D eigenvalue weighted by molar-refractivity contribution is 6.74. The lowest BCUT2D eigenvalue weighted by Gasteiger charge is -2.40. The number of methoxy groups -OCH3 is 2. The van der Waals surface area contributed by atoms with Gasteiger partial charge in [-0.3, -0.25) is 9.59 Å². The van der Waals surface area contributed by atoms with Crippen molar-refractivity contribution >= 4 is 20.1 Å². The Labute approximate surface area is 244 Å². The van der Waals surface area contributed by atoms with Crippen LogP contribution in [0.3, 0.4) is 0 Å². The van der Waals surface area contributed by atoms with E-state index in [1.54, 1.807) is 7.11 Å². The lowest BCUT2D eigenvalue weighted by Crippen LogP contribution is -2.45. The number of unbranched alkanes of at least 4 members (excludes halogenated alkanes) is 4. The zero-order chi connectivity index (χ0) is 30.2. The van der Waals surface area contributed by atoms with Crippen LogP contribution in [0.2, 0.25) is 18.1 Å². The number of Topliss-reactive ketones (excluding diaryl/α,β-unsaturated/α-hetero) is 1. The maximum Gasteiger partial charge on any atom is 0.305 e. The second kappa shape index (κ2) is 19.2. The highest BCUT2D eigenvalue weighted by atomic mass is 28.4. The quantitative estimate of drug-likeness (QED) is 0.0557. The number of hydrogen-bond donors (Lipinski definition) is 1. The predicted molar refractivity (Wildman–Crippen MR) is 161 cm³/mol. The van der Waals surface area contributed by atoms with Gasteiger partial charge < -0.3 is 28.5 Å². The summed E-state index contributed by atoms with van der Waals surface area (Å²) in [6, 6.07) is 0. The minimum absolute atomic E-state index is 0.00595. The van der Waals surface area contributed by atoms with Crippen molar-refractivity contribution in [2.75, 3.05) is 34.2 Å². The molecule has 234 valence electrons. The Morgan fingerprint density at radius 1 is 1.07 bits per heavy atom. The van der Waals surface area contributed by atoms with Gasteiger partial charge >= 0.3 is 5.97 Å².